The lowest BCUT2D eigenvalue weighted by atomic mass is 10.1. The fraction of sp³-hybridized carbons (Fsp3) is 0.462. The zero-order chi connectivity index (χ0) is 15.4. The first-order valence-corrected chi connectivity index (χ1v) is 8.15. The van der Waals surface area contributed by atoms with Crippen LogP contribution in [-0.2, 0) is 14.6 Å². The third kappa shape index (κ3) is 6.03. The fourth-order valence-corrected chi connectivity index (χ4v) is 1.65. The molecular weight excluding hydrogens is 280 g/mol. The first-order chi connectivity index (χ1) is 9.08. The number of anilines is 1. The van der Waals surface area contributed by atoms with Crippen LogP contribution in [0.4, 0.5) is 5.69 Å². The highest BCUT2D eigenvalue weighted by atomic mass is 32.2. The number of hydrogen-bond acceptors (Lipinski definition) is 5. The van der Waals surface area contributed by atoms with Gasteiger partial charge in [0, 0.05) is 18.0 Å². The average molecular weight is 300 g/mol. The van der Waals surface area contributed by atoms with Crippen molar-refractivity contribution in [3.05, 3.63) is 24.3 Å². The van der Waals surface area contributed by atoms with E-state index in [0.717, 1.165) is 6.26 Å². The Morgan fingerprint density at radius 3 is 2.60 bits per heavy atom. The highest BCUT2D eigenvalue weighted by Crippen LogP contribution is 2.18. The van der Waals surface area contributed by atoms with Crippen LogP contribution in [0.2, 0.25) is 0 Å². The quantitative estimate of drug-likeness (QED) is 0.809. The van der Waals surface area contributed by atoms with Gasteiger partial charge in [0.2, 0.25) is 5.91 Å². The second-order valence-electron chi connectivity index (χ2n) is 5.18. The van der Waals surface area contributed by atoms with Crippen molar-refractivity contribution < 1.29 is 17.9 Å². The van der Waals surface area contributed by atoms with E-state index in [1.807, 2.05) is 0 Å². The highest BCUT2D eigenvalue weighted by Gasteiger charge is 2.21. The monoisotopic (exact) mass is 300 g/mol. The predicted octanol–water partition coefficient (Wildman–Crippen LogP) is 0.786. The van der Waals surface area contributed by atoms with Crippen molar-refractivity contribution in [2.24, 2.45) is 5.73 Å². The van der Waals surface area contributed by atoms with E-state index >= 15 is 0 Å². The van der Waals surface area contributed by atoms with Gasteiger partial charge in [0.25, 0.3) is 0 Å². The Morgan fingerprint density at radius 2 is 2.05 bits per heavy atom. The molecule has 1 aromatic carbocycles. The summed E-state index contributed by atoms with van der Waals surface area (Å²) in [6.07, 6.45) is 1.15. The van der Waals surface area contributed by atoms with Gasteiger partial charge in [-0.15, -0.1) is 0 Å². The fourth-order valence-electron chi connectivity index (χ4n) is 1.27. The summed E-state index contributed by atoms with van der Waals surface area (Å²) in [5.74, 6) is 0.117. The molecule has 1 aromatic rings. The van der Waals surface area contributed by atoms with Crippen molar-refractivity contribution in [3.63, 3.8) is 0 Å². The molecule has 0 aliphatic heterocycles. The van der Waals surface area contributed by atoms with Gasteiger partial charge in [-0.3, -0.25) is 4.79 Å². The van der Waals surface area contributed by atoms with Crippen LogP contribution in [-0.4, -0.2) is 38.5 Å². The van der Waals surface area contributed by atoms with Crippen LogP contribution in [0.5, 0.6) is 5.75 Å². The molecule has 0 heterocycles. The van der Waals surface area contributed by atoms with Gasteiger partial charge in [0.1, 0.15) is 12.4 Å². The van der Waals surface area contributed by atoms with Crippen molar-refractivity contribution in [1.82, 2.24) is 0 Å². The molecule has 7 heteroatoms. The molecule has 0 bridgehead atoms. The van der Waals surface area contributed by atoms with Gasteiger partial charge < -0.3 is 15.8 Å². The molecule has 112 valence electrons. The van der Waals surface area contributed by atoms with E-state index < -0.39 is 15.4 Å². The Bertz CT molecular complexity index is 576. The summed E-state index contributed by atoms with van der Waals surface area (Å²) in [5, 5.41) is 2.67. The molecule has 0 aliphatic rings. The molecule has 0 saturated carbocycles. The molecule has 1 amide bonds. The summed E-state index contributed by atoms with van der Waals surface area (Å²) in [7, 11) is -3.05. The third-order valence-corrected chi connectivity index (χ3v) is 3.31. The average Bonchev–Trinajstić information content (AvgIpc) is 2.26. The second-order valence-corrected chi connectivity index (χ2v) is 7.44. The minimum Gasteiger partial charge on any atom is -0.492 e. The normalized spacial score (nSPS) is 12.0. The number of nitrogens with two attached hydrogens (primary N) is 1. The Labute approximate surface area is 119 Å². The maximum absolute atomic E-state index is 11.7. The van der Waals surface area contributed by atoms with E-state index in [0.29, 0.717) is 11.4 Å². The van der Waals surface area contributed by atoms with Gasteiger partial charge in [-0.1, -0.05) is 6.07 Å². The number of carbonyl (C=O) groups is 1. The predicted molar refractivity (Wildman–Crippen MR) is 78.5 cm³/mol. The standard InChI is InChI=1S/C13H20N2O4S/c1-13(2,14)12(16)15-10-5-4-6-11(9-10)19-7-8-20(3,17)18/h4-6,9H,7-8,14H2,1-3H3,(H,15,16). The molecule has 0 aliphatic carbocycles. The molecule has 0 radical (unpaired) electrons. The highest BCUT2D eigenvalue weighted by molar-refractivity contribution is 7.90. The van der Waals surface area contributed by atoms with Crippen LogP contribution in [0, 0.1) is 0 Å². The Hall–Kier alpha value is -1.60. The van der Waals surface area contributed by atoms with Gasteiger partial charge in [0.15, 0.2) is 9.84 Å². The number of ether oxygens (including phenoxy) is 1. The Balaban J connectivity index is 2.65. The summed E-state index contributed by atoms with van der Waals surface area (Å²) in [5.41, 5.74) is 5.25. The van der Waals surface area contributed by atoms with Gasteiger partial charge in [-0.05, 0) is 26.0 Å². The van der Waals surface area contributed by atoms with Crippen molar-refractivity contribution in [2.75, 3.05) is 23.9 Å². The minimum atomic E-state index is -3.05. The molecule has 1 rings (SSSR count). The lowest BCUT2D eigenvalue weighted by Gasteiger charge is -2.18. The summed E-state index contributed by atoms with van der Waals surface area (Å²) in [4.78, 5) is 11.7. The van der Waals surface area contributed by atoms with Crippen LogP contribution in [0.15, 0.2) is 24.3 Å². The van der Waals surface area contributed by atoms with Crippen molar-refractivity contribution >= 4 is 21.4 Å². The van der Waals surface area contributed by atoms with E-state index in [2.05, 4.69) is 5.32 Å². The number of sulfone groups is 1. The van der Waals surface area contributed by atoms with Gasteiger partial charge in [-0.25, -0.2) is 8.42 Å². The van der Waals surface area contributed by atoms with Crippen molar-refractivity contribution in [2.45, 2.75) is 19.4 Å². The van der Waals surface area contributed by atoms with Crippen LogP contribution in [0.1, 0.15) is 13.8 Å². The van der Waals surface area contributed by atoms with Crippen LogP contribution < -0.4 is 15.8 Å². The Morgan fingerprint density at radius 1 is 1.40 bits per heavy atom. The Kier molecular flexibility index (Phi) is 5.13. The molecule has 0 atom stereocenters. The molecule has 6 nitrogen and oxygen atoms in total. The minimum absolute atomic E-state index is 0.0561. The molecule has 0 fully saturated rings. The van der Waals surface area contributed by atoms with Crippen molar-refractivity contribution in [3.8, 4) is 5.75 Å². The number of amides is 1. The number of benzene rings is 1. The molecule has 0 saturated heterocycles. The van der Waals surface area contributed by atoms with Gasteiger partial charge in [0.05, 0.1) is 11.3 Å². The van der Waals surface area contributed by atoms with E-state index in [1.165, 1.54) is 0 Å². The summed E-state index contributed by atoms with van der Waals surface area (Å²) in [6, 6.07) is 6.71. The summed E-state index contributed by atoms with van der Waals surface area (Å²) >= 11 is 0. The molecule has 0 unspecified atom stereocenters. The van der Waals surface area contributed by atoms with Crippen LogP contribution >= 0.6 is 0 Å². The topological polar surface area (TPSA) is 98.5 Å². The van der Waals surface area contributed by atoms with Crippen LogP contribution in [0.25, 0.3) is 0 Å². The zero-order valence-corrected chi connectivity index (χ0v) is 12.7. The number of rotatable bonds is 6. The molecule has 3 N–H and O–H groups in total. The van der Waals surface area contributed by atoms with Crippen LogP contribution in [0.3, 0.4) is 0 Å². The van der Waals surface area contributed by atoms with E-state index in [4.69, 9.17) is 10.5 Å². The SMILES string of the molecule is CC(C)(N)C(=O)Nc1cccc(OCCS(C)(=O)=O)c1. The number of nitrogens with one attached hydrogen (secondary N) is 1. The third-order valence-electron chi connectivity index (χ3n) is 2.40. The molecule has 0 spiro atoms. The number of carbonyl (C=O) groups excluding carboxylic acids is 1. The number of hydrogen-bond donors (Lipinski definition) is 2. The molecule has 20 heavy (non-hydrogen) atoms. The smallest absolute Gasteiger partial charge is 0.243 e. The first-order valence-electron chi connectivity index (χ1n) is 6.09. The first kappa shape index (κ1) is 16.5. The second kappa shape index (κ2) is 6.23. The maximum Gasteiger partial charge on any atom is 0.243 e. The lowest BCUT2D eigenvalue weighted by Crippen LogP contribution is -2.45. The molecular formula is C13H20N2O4S. The largest absolute Gasteiger partial charge is 0.492 e. The van der Waals surface area contributed by atoms with Crippen molar-refractivity contribution in [1.29, 1.82) is 0 Å². The van der Waals surface area contributed by atoms with E-state index in [1.54, 1.807) is 38.1 Å². The lowest BCUT2D eigenvalue weighted by molar-refractivity contribution is -0.120. The molecule has 0 aromatic heterocycles. The van der Waals surface area contributed by atoms with Gasteiger partial charge >= 0.3 is 0 Å². The summed E-state index contributed by atoms with van der Waals surface area (Å²) < 4.78 is 27.3. The summed E-state index contributed by atoms with van der Waals surface area (Å²) in [6.45, 7) is 3.28. The van der Waals surface area contributed by atoms with E-state index in [-0.39, 0.29) is 18.3 Å². The van der Waals surface area contributed by atoms with Gasteiger partial charge in [-0.2, -0.15) is 0 Å². The zero-order valence-electron chi connectivity index (χ0n) is 11.8. The maximum atomic E-state index is 11.7. The van der Waals surface area contributed by atoms with E-state index in [9.17, 15) is 13.2 Å².